The average molecular weight is 328 g/mol. The van der Waals surface area contributed by atoms with E-state index in [0.29, 0.717) is 26.1 Å². The molecule has 1 aromatic carbocycles. The van der Waals surface area contributed by atoms with Crippen LogP contribution in [0.3, 0.4) is 0 Å². The highest BCUT2D eigenvalue weighted by Crippen LogP contribution is 2.35. The third kappa shape index (κ3) is 3.85. The van der Waals surface area contributed by atoms with Gasteiger partial charge in [0.25, 0.3) is 0 Å². The fourth-order valence-corrected chi connectivity index (χ4v) is 3.56. The van der Waals surface area contributed by atoms with Gasteiger partial charge in [-0.05, 0) is 38.3 Å². The lowest BCUT2D eigenvalue weighted by Gasteiger charge is -2.40. The maximum Gasteiger partial charge on any atom is 0.313 e. The Bertz CT molecular complexity index is 642. The summed E-state index contributed by atoms with van der Waals surface area (Å²) in [5, 5.41) is 3.99. The van der Waals surface area contributed by atoms with Crippen molar-refractivity contribution in [2.24, 2.45) is 5.41 Å². The van der Waals surface area contributed by atoms with E-state index >= 15 is 0 Å². The number of carbonyl (C=O) groups is 1. The van der Waals surface area contributed by atoms with Crippen molar-refractivity contribution in [1.29, 1.82) is 0 Å². The second-order valence-corrected chi connectivity index (χ2v) is 6.47. The van der Waals surface area contributed by atoms with Crippen LogP contribution in [0, 0.1) is 5.41 Å². The highest BCUT2D eigenvalue weighted by atomic mass is 16.5. The molecule has 5 heteroatoms. The number of hydrogen-bond acceptors (Lipinski definition) is 5. The Balaban J connectivity index is 1.79. The van der Waals surface area contributed by atoms with Crippen LogP contribution < -0.4 is 0 Å². The van der Waals surface area contributed by atoms with Gasteiger partial charge in [-0.15, -0.1) is 0 Å². The smallest absolute Gasteiger partial charge is 0.313 e. The molecule has 1 aliphatic rings. The molecule has 0 radical (unpaired) electrons. The maximum atomic E-state index is 12.8. The first-order chi connectivity index (χ1) is 11.7. The van der Waals surface area contributed by atoms with E-state index in [-0.39, 0.29) is 5.97 Å². The summed E-state index contributed by atoms with van der Waals surface area (Å²) in [7, 11) is 0. The van der Waals surface area contributed by atoms with Crippen LogP contribution in [0.25, 0.3) is 0 Å². The molecule has 0 bridgehead atoms. The molecule has 1 aliphatic heterocycles. The van der Waals surface area contributed by atoms with Gasteiger partial charge in [0, 0.05) is 19.2 Å². The largest absolute Gasteiger partial charge is 0.466 e. The zero-order valence-electron chi connectivity index (χ0n) is 14.1. The van der Waals surface area contributed by atoms with E-state index in [9.17, 15) is 4.79 Å². The number of aromatic nitrogens is 1. The fraction of sp³-hybridized carbons (Fsp3) is 0.474. The zero-order valence-corrected chi connectivity index (χ0v) is 14.1. The van der Waals surface area contributed by atoms with Crippen molar-refractivity contribution in [2.45, 2.75) is 32.7 Å². The van der Waals surface area contributed by atoms with Crippen molar-refractivity contribution in [3.05, 3.63) is 53.9 Å². The van der Waals surface area contributed by atoms with Crippen molar-refractivity contribution in [1.82, 2.24) is 10.1 Å². The second-order valence-electron chi connectivity index (χ2n) is 6.47. The number of hydrogen-bond donors (Lipinski definition) is 0. The van der Waals surface area contributed by atoms with Gasteiger partial charge in [0.05, 0.1) is 17.7 Å². The quantitative estimate of drug-likeness (QED) is 0.763. The van der Waals surface area contributed by atoms with Gasteiger partial charge in [0.2, 0.25) is 0 Å². The molecule has 1 atom stereocenters. The molecule has 2 heterocycles. The zero-order chi connectivity index (χ0) is 16.8. The molecule has 1 saturated heterocycles. The molecule has 1 fully saturated rings. The van der Waals surface area contributed by atoms with E-state index in [0.717, 1.165) is 25.1 Å². The van der Waals surface area contributed by atoms with Gasteiger partial charge in [-0.3, -0.25) is 9.69 Å². The van der Waals surface area contributed by atoms with Crippen molar-refractivity contribution in [3.8, 4) is 0 Å². The first-order valence-electron chi connectivity index (χ1n) is 8.55. The Morgan fingerprint density at radius 1 is 1.33 bits per heavy atom. The molecule has 5 nitrogen and oxygen atoms in total. The van der Waals surface area contributed by atoms with Gasteiger partial charge in [-0.25, -0.2) is 0 Å². The summed E-state index contributed by atoms with van der Waals surface area (Å²) in [6.45, 7) is 4.63. The highest BCUT2D eigenvalue weighted by Gasteiger charge is 2.43. The molecule has 0 amide bonds. The molecule has 0 aliphatic carbocycles. The molecular formula is C19H24N2O3. The minimum atomic E-state index is -0.487. The molecular weight excluding hydrogens is 304 g/mol. The van der Waals surface area contributed by atoms with Crippen LogP contribution in [0.15, 0.2) is 47.2 Å². The first-order valence-corrected chi connectivity index (χ1v) is 8.55. The van der Waals surface area contributed by atoms with Crippen LogP contribution in [-0.2, 0) is 22.5 Å². The van der Waals surface area contributed by atoms with Gasteiger partial charge >= 0.3 is 5.97 Å². The van der Waals surface area contributed by atoms with E-state index in [1.165, 1.54) is 5.56 Å². The standard InChI is InChI=1S/C19H24N2O3/c1-2-23-18(22)19(13-16-7-4-3-5-8-16)10-6-11-21(15-19)14-17-9-12-24-20-17/h3-5,7-9,12H,2,6,10-11,13-15H2,1H3/t19-/m1/s1. The van der Waals surface area contributed by atoms with E-state index in [1.807, 2.05) is 31.2 Å². The molecule has 24 heavy (non-hydrogen) atoms. The van der Waals surface area contributed by atoms with Crippen molar-refractivity contribution < 1.29 is 14.1 Å². The van der Waals surface area contributed by atoms with Gasteiger partial charge in [-0.2, -0.15) is 0 Å². The summed E-state index contributed by atoms with van der Waals surface area (Å²) in [5.74, 6) is -0.0845. The maximum absolute atomic E-state index is 12.8. The van der Waals surface area contributed by atoms with Gasteiger partial charge < -0.3 is 9.26 Å². The molecule has 3 rings (SSSR count). The van der Waals surface area contributed by atoms with Crippen LogP contribution in [-0.4, -0.2) is 35.7 Å². The molecule has 128 valence electrons. The van der Waals surface area contributed by atoms with Gasteiger partial charge in [0.1, 0.15) is 6.26 Å². The molecule has 0 saturated carbocycles. The topological polar surface area (TPSA) is 55.6 Å². The minimum Gasteiger partial charge on any atom is -0.466 e. The monoisotopic (exact) mass is 328 g/mol. The number of likely N-dealkylation sites (tertiary alicyclic amines) is 1. The van der Waals surface area contributed by atoms with E-state index < -0.39 is 5.41 Å². The number of ether oxygens (including phenoxy) is 1. The summed E-state index contributed by atoms with van der Waals surface area (Å²) in [6, 6.07) is 12.1. The first kappa shape index (κ1) is 16.7. The van der Waals surface area contributed by atoms with Crippen molar-refractivity contribution in [2.75, 3.05) is 19.7 Å². The predicted octanol–water partition coefficient (Wildman–Crippen LogP) is 3.06. The number of piperidine rings is 1. The van der Waals surface area contributed by atoms with Crippen LogP contribution >= 0.6 is 0 Å². The summed E-state index contributed by atoms with van der Waals surface area (Å²) in [5.41, 5.74) is 1.59. The summed E-state index contributed by atoms with van der Waals surface area (Å²) in [6.07, 6.45) is 4.13. The molecule has 2 aromatic rings. The van der Waals surface area contributed by atoms with Crippen LogP contribution in [0.1, 0.15) is 31.0 Å². The van der Waals surface area contributed by atoms with Gasteiger partial charge in [0.15, 0.2) is 0 Å². The van der Waals surface area contributed by atoms with E-state index in [1.54, 1.807) is 6.26 Å². The van der Waals surface area contributed by atoms with Crippen LogP contribution in [0.2, 0.25) is 0 Å². The number of nitrogens with zero attached hydrogens (tertiary/aromatic N) is 2. The Hall–Kier alpha value is -2.14. The van der Waals surface area contributed by atoms with Gasteiger partial charge in [-0.1, -0.05) is 35.5 Å². The summed E-state index contributed by atoms with van der Waals surface area (Å²) >= 11 is 0. The SMILES string of the molecule is CCOC(=O)[C@@]1(Cc2ccccc2)CCCN(Cc2ccon2)C1. The molecule has 1 aromatic heterocycles. The Kier molecular flexibility index (Phi) is 5.30. The molecule has 0 spiro atoms. The Morgan fingerprint density at radius 2 is 2.17 bits per heavy atom. The van der Waals surface area contributed by atoms with Crippen molar-refractivity contribution >= 4 is 5.97 Å². The van der Waals surface area contributed by atoms with E-state index in [4.69, 9.17) is 9.26 Å². The average Bonchev–Trinajstić information content (AvgIpc) is 3.09. The molecule has 0 N–H and O–H groups in total. The van der Waals surface area contributed by atoms with E-state index in [2.05, 4.69) is 22.2 Å². The fourth-order valence-electron chi connectivity index (χ4n) is 3.56. The van der Waals surface area contributed by atoms with Crippen LogP contribution in [0.4, 0.5) is 0 Å². The summed E-state index contributed by atoms with van der Waals surface area (Å²) in [4.78, 5) is 15.1. The lowest BCUT2D eigenvalue weighted by molar-refractivity contribution is -0.159. The lowest BCUT2D eigenvalue weighted by atomic mass is 9.75. The third-order valence-corrected chi connectivity index (χ3v) is 4.63. The number of carbonyl (C=O) groups excluding carboxylic acids is 1. The number of esters is 1. The highest BCUT2D eigenvalue weighted by molar-refractivity contribution is 5.77. The lowest BCUT2D eigenvalue weighted by Crippen LogP contribution is -2.49. The Morgan fingerprint density at radius 3 is 2.88 bits per heavy atom. The number of benzene rings is 1. The molecule has 0 unspecified atom stereocenters. The second kappa shape index (κ2) is 7.62. The third-order valence-electron chi connectivity index (χ3n) is 4.63. The summed E-state index contributed by atoms with van der Waals surface area (Å²) < 4.78 is 10.4. The van der Waals surface area contributed by atoms with Crippen LogP contribution in [0.5, 0.6) is 0 Å². The number of rotatable bonds is 6. The minimum absolute atomic E-state index is 0.0845. The van der Waals surface area contributed by atoms with Crippen molar-refractivity contribution in [3.63, 3.8) is 0 Å². The Labute approximate surface area is 142 Å². The normalized spacial score (nSPS) is 21.5. The predicted molar refractivity (Wildman–Crippen MR) is 90.2 cm³/mol.